The van der Waals surface area contributed by atoms with Gasteiger partial charge in [0.2, 0.25) is 17.7 Å². The topological polar surface area (TPSA) is 87.3 Å². The standard InChI is InChI=1S/C25H24ClN3O3/c1-17-20(26)13-8-14-21(17)27-22(30)15-16-23(31)28-29-25(32)24(18-9-4-2-5-10-18)19-11-6-3-7-12-19/h2-14,24H,15-16H2,1H3,(H,27,30)(H,28,31)(H,29,32). The van der Waals surface area contributed by atoms with Crippen LogP contribution in [-0.4, -0.2) is 17.7 Å². The van der Waals surface area contributed by atoms with Crippen LogP contribution in [0.4, 0.5) is 5.69 Å². The van der Waals surface area contributed by atoms with Crippen LogP contribution in [0.25, 0.3) is 0 Å². The molecular weight excluding hydrogens is 426 g/mol. The van der Waals surface area contributed by atoms with Gasteiger partial charge in [-0.05, 0) is 35.7 Å². The first kappa shape index (κ1) is 23.0. The molecule has 3 amide bonds. The zero-order chi connectivity index (χ0) is 22.9. The number of amides is 3. The Hall–Kier alpha value is -3.64. The Bertz CT molecular complexity index is 1050. The molecule has 0 aromatic heterocycles. The van der Waals surface area contributed by atoms with Crippen LogP contribution in [0.2, 0.25) is 5.02 Å². The van der Waals surface area contributed by atoms with Crippen molar-refractivity contribution in [2.75, 3.05) is 5.32 Å². The van der Waals surface area contributed by atoms with Gasteiger partial charge in [0.15, 0.2) is 0 Å². The van der Waals surface area contributed by atoms with Gasteiger partial charge in [0.05, 0.1) is 5.92 Å². The van der Waals surface area contributed by atoms with Crippen LogP contribution >= 0.6 is 11.6 Å². The average Bonchev–Trinajstić information content (AvgIpc) is 2.81. The summed E-state index contributed by atoms with van der Waals surface area (Å²) in [6.45, 7) is 1.80. The van der Waals surface area contributed by atoms with Crippen molar-refractivity contribution < 1.29 is 14.4 Å². The average molecular weight is 450 g/mol. The van der Waals surface area contributed by atoms with Gasteiger partial charge >= 0.3 is 0 Å². The number of hydrogen-bond donors (Lipinski definition) is 3. The molecule has 0 saturated heterocycles. The number of hydrazine groups is 1. The normalized spacial score (nSPS) is 10.5. The van der Waals surface area contributed by atoms with E-state index in [4.69, 9.17) is 11.6 Å². The summed E-state index contributed by atoms with van der Waals surface area (Å²) in [6.07, 6.45) is -0.110. The molecule has 0 aliphatic heterocycles. The molecule has 3 aromatic carbocycles. The molecule has 6 nitrogen and oxygen atoms in total. The molecule has 0 aliphatic carbocycles. The summed E-state index contributed by atoms with van der Waals surface area (Å²) >= 11 is 6.05. The molecule has 0 fully saturated rings. The molecule has 3 aromatic rings. The second kappa shape index (κ2) is 11.1. The number of rotatable bonds is 7. The lowest BCUT2D eigenvalue weighted by molar-refractivity contribution is -0.130. The Morgan fingerprint density at radius 2 is 1.31 bits per heavy atom. The van der Waals surface area contributed by atoms with E-state index in [0.29, 0.717) is 10.7 Å². The highest BCUT2D eigenvalue weighted by molar-refractivity contribution is 6.31. The van der Waals surface area contributed by atoms with Crippen molar-refractivity contribution in [2.24, 2.45) is 0 Å². The third kappa shape index (κ3) is 6.18. The van der Waals surface area contributed by atoms with E-state index in [-0.39, 0.29) is 24.7 Å². The minimum atomic E-state index is -0.577. The van der Waals surface area contributed by atoms with Gasteiger partial charge in [0.25, 0.3) is 0 Å². The van der Waals surface area contributed by atoms with Crippen LogP contribution in [0.3, 0.4) is 0 Å². The second-order valence-electron chi connectivity index (χ2n) is 7.25. The SMILES string of the molecule is Cc1c(Cl)cccc1NC(=O)CCC(=O)NNC(=O)C(c1ccccc1)c1ccccc1. The van der Waals surface area contributed by atoms with E-state index in [9.17, 15) is 14.4 Å². The van der Waals surface area contributed by atoms with Gasteiger partial charge in [-0.3, -0.25) is 25.2 Å². The maximum absolute atomic E-state index is 12.9. The van der Waals surface area contributed by atoms with E-state index in [1.807, 2.05) is 60.7 Å². The molecule has 0 atom stereocenters. The van der Waals surface area contributed by atoms with Gasteiger partial charge in [-0.1, -0.05) is 78.3 Å². The number of carbonyl (C=O) groups excluding carboxylic acids is 3. The lowest BCUT2D eigenvalue weighted by atomic mass is 9.91. The lowest BCUT2D eigenvalue weighted by Gasteiger charge is -2.18. The van der Waals surface area contributed by atoms with Crippen LogP contribution in [0.15, 0.2) is 78.9 Å². The summed E-state index contributed by atoms with van der Waals surface area (Å²) in [4.78, 5) is 37.2. The molecule has 0 radical (unpaired) electrons. The summed E-state index contributed by atoms with van der Waals surface area (Å²) in [7, 11) is 0. The fourth-order valence-electron chi connectivity index (χ4n) is 3.23. The zero-order valence-corrected chi connectivity index (χ0v) is 18.4. The van der Waals surface area contributed by atoms with E-state index < -0.39 is 11.8 Å². The fraction of sp³-hybridized carbons (Fsp3) is 0.160. The predicted molar refractivity (Wildman–Crippen MR) is 125 cm³/mol. The molecule has 3 rings (SSSR count). The Morgan fingerprint density at radius 1 is 0.750 bits per heavy atom. The zero-order valence-electron chi connectivity index (χ0n) is 17.6. The van der Waals surface area contributed by atoms with Crippen LogP contribution in [-0.2, 0) is 14.4 Å². The Morgan fingerprint density at radius 3 is 1.91 bits per heavy atom. The monoisotopic (exact) mass is 449 g/mol. The summed E-state index contributed by atoms with van der Waals surface area (Å²) in [5.41, 5.74) is 7.86. The first-order chi connectivity index (χ1) is 15.5. The smallest absolute Gasteiger partial charge is 0.250 e. The Kier molecular flexibility index (Phi) is 8.00. The van der Waals surface area contributed by atoms with Crippen molar-refractivity contribution in [3.8, 4) is 0 Å². The van der Waals surface area contributed by atoms with Crippen molar-refractivity contribution in [3.05, 3.63) is 101 Å². The van der Waals surface area contributed by atoms with E-state index in [0.717, 1.165) is 16.7 Å². The maximum atomic E-state index is 12.9. The number of nitrogens with one attached hydrogen (secondary N) is 3. The maximum Gasteiger partial charge on any atom is 0.250 e. The largest absolute Gasteiger partial charge is 0.326 e. The molecule has 164 valence electrons. The highest BCUT2D eigenvalue weighted by Gasteiger charge is 2.23. The molecule has 0 unspecified atom stereocenters. The van der Waals surface area contributed by atoms with Crippen molar-refractivity contribution >= 4 is 35.0 Å². The molecule has 0 bridgehead atoms. The van der Waals surface area contributed by atoms with Crippen molar-refractivity contribution in [1.29, 1.82) is 0 Å². The Balaban J connectivity index is 1.54. The van der Waals surface area contributed by atoms with Gasteiger partial charge in [0.1, 0.15) is 0 Å². The Labute approximate surface area is 192 Å². The van der Waals surface area contributed by atoms with Gasteiger partial charge in [0, 0.05) is 23.6 Å². The second-order valence-corrected chi connectivity index (χ2v) is 7.66. The lowest BCUT2D eigenvalue weighted by Crippen LogP contribution is -2.44. The third-order valence-corrected chi connectivity index (χ3v) is 5.38. The quantitative estimate of drug-likeness (QED) is 0.469. The minimum absolute atomic E-state index is 0.0333. The van der Waals surface area contributed by atoms with E-state index in [2.05, 4.69) is 16.2 Å². The first-order valence-corrected chi connectivity index (χ1v) is 10.6. The van der Waals surface area contributed by atoms with Crippen LogP contribution in [0.5, 0.6) is 0 Å². The molecule has 0 spiro atoms. The molecule has 32 heavy (non-hydrogen) atoms. The van der Waals surface area contributed by atoms with Crippen molar-refractivity contribution in [2.45, 2.75) is 25.7 Å². The number of halogens is 1. The summed E-state index contributed by atoms with van der Waals surface area (Å²) in [6, 6.07) is 23.9. The molecule has 0 saturated carbocycles. The van der Waals surface area contributed by atoms with Crippen LogP contribution in [0, 0.1) is 6.92 Å². The first-order valence-electron chi connectivity index (χ1n) is 10.2. The van der Waals surface area contributed by atoms with Gasteiger partial charge in [-0.15, -0.1) is 0 Å². The molecule has 0 aliphatic rings. The number of benzene rings is 3. The number of hydrogen-bond acceptors (Lipinski definition) is 3. The predicted octanol–water partition coefficient (Wildman–Crippen LogP) is 4.35. The summed E-state index contributed by atoms with van der Waals surface area (Å²) in [5.74, 6) is -1.72. The molecular formula is C25H24ClN3O3. The number of carbonyl (C=O) groups is 3. The van der Waals surface area contributed by atoms with E-state index in [1.165, 1.54) is 0 Å². The van der Waals surface area contributed by atoms with E-state index in [1.54, 1.807) is 25.1 Å². The highest BCUT2D eigenvalue weighted by atomic mass is 35.5. The third-order valence-electron chi connectivity index (χ3n) is 4.97. The van der Waals surface area contributed by atoms with Crippen molar-refractivity contribution in [3.63, 3.8) is 0 Å². The highest BCUT2D eigenvalue weighted by Crippen LogP contribution is 2.25. The molecule has 7 heteroatoms. The van der Waals surface area contributed by atoms with Crippen LogP contribution < -0.4 is 16.2 Å². The molecule has 3 N–H and O–H groups in total. The van der Waals surface area contributed by atoms with Crippen LogP contribution in [0.1, 0.15) is 35.4 Å². The molecule has 0 heterocycles. The number of anilines is 1. The van der Waals surface area contributed by atoms with Gasteiger partial charge in [-0.2, -0.15) is 0 Å². The summed E-state index contributed by atoms with van der Waals surface area (Å²) in [5, 5.41) is 3.29. The van der Waals surface area contributed by atoms with E-state index >= 15 is 0 Å². The minimum Gasteiger partial charge on any atom is -0.326 e. The van der Waals surface area contributed by atoms with Crippen molar-refractivity contribution in [1.82, 2.24) is 10.9 Å². The van der Waals surface area contributed by atoms with Gasteiger partial charge < -0.3 is 5.32 Å². The summed E-state index contributed by atoms with van der Waals surface area (Å²) < 4.78 is 0. The van der Waals surface area contributed by atoms with Gasteiger partial charge in [-0.25, -0.2) is 0 Å². The fourth-order valence-corrected chi connectivity index (χ4v) is 3.41.